The third-order valence-electron chi connectivity index (χ3n) is 6.79. The SMILES string of the molecule is CCCn1nc(C(=O)N2CCSCC2)c2c1CCC(NCC1(O)CCCCC1)C2. The van der Waals surface area contributed by atoms with Crippen LogP contribution in [0.15, 0.2) is 0 Å². The number of fused-ring (bicyclic) bond motifs is 1. The summed E-state index contributed by atoms with van der Waals surface area (Å²) in [6, 6.07) is 0.316. The average Bonchev–Trinajstić information content (AvgIpc) is 3.11. The minimum atomic E-state index is -0.547. The van der Waals surface area contributed by atoms with Gasteiger partial charge in [0.05, 0.1) is 5.60 Å². The zero-order valence-electron chi connectivity index (χ0n) is 17.8. The summed E-state index contributed by atoms with van der Waals surface area (Å²) in [6.07, 6.45) is 9.19. The summed E-state index contributed by atoms with van der Waals surface area (Å²) in [5, 5.41) is 19.3. The lowest BCUT2D eigenvalue weighted by Crippen LogP contribution is -2.47. The van der Waals surface area contributed by atoms with Crippen LogP contribution in [-0.4, -0.2) is 68.5 Å². The second kappa shape index (κ2) is 9.40. The van der Waals surface area contributed by atoms with E-state index in [9.17, 15) is 9.90 Å². The van der Waals surface area contributed by atoms with Crippen molar-refractivity contribution in [2.45, 2.75) is 82.9 Å². The van der Waals surface area contributed by atoms with Crippen LogP contribution in [0.25, 0.3) is 0 Å². The summed E-state index contributed by atoms with van der Waals surface area (Å²) in [7, 11) is 0. The first-order chi connectivity index (χ1) is 14.1. The van der Waals surface area contributed by atoms with Crippen LogP contribution < -0.4 is 5.32 Å². The van der Waals surface area contributed by atoms with E-state index in [1.54, 1.807) is 0 Å². The van der Waals surface area contributed by atoms with Crippen LogP contribution in [0.3, 0.4) is 0 Å². The topological polar surface area (TPSA) is 70.4 Å². The molecule has 29 heavy (non-hydrogen) atoms. The van der Waals surface area contributed by atoms with Gasteiger partial charge in [-0.25, -0.2) is 0 Å². The molecular weight excluding hydrogens is 384 g/mol. The average molecular weight is 421 g/mol. The molecular formula is C22H36N4O2S. The minimum absolute atomic E-state index is 0.114. The summed E-state index contributed by atoms with van der Waals surface area (Å²) in [4.78, 5) is 15.2. The van der Waals surface area contributed by atoms with Gasteiger partial charge in [-0.3, -0.25) is 9.48 Å². The second-order valence-electron chi connectivity index (χ2n) is 9.01. The van der Waals surface area contributed by atoms with E-state index in [0.29, 0.717) is 18.3 Å². The fourth-order valence-electron chi connectivity index (χ4n) is 5.07. The van der Waals surface area contributed by atoms with Crippen molar-refractivity contribution in [2.75, 3.05) is 31.1 Å². The molecule has 1 aliphatic heterocycles. The zero-order valence-corrected chi connectivity index (χ0v) is 18.6. The van der Waals surface area contributed by atoms with Crippen molar-refractivity contribution in [1.29, 1.82) is 0 Å². The van der Waals surface area contributed by atoms with Crippen LogP contribution in [0.4, 0.5) is 0 Å². The highest BCUT2D eigenvalue weighted by atomic mass is 32.2. The van der Waals surface area contributed by atoms with Crippen LogP contribution in [0.1, 0.15) is 73.6 Å². The monoisotopic (exact) mass is 420 g/mol. The lowest BCUT2D eigenvalue weighted by Gasteiger charge is -2.35. The van der Waals surface area contributed by atoms with Crippen LogP contribution in [0, 0.1) is 0 Å². The van der Waals surface area contributed by atoms with Crippen molar-refractivity contribution in [3.63, 3.8) is 0 Å². The Morgan fingerprint density at radius 3 is 2.76 bits per heavy atom. The Morgan fingerprint density at radius 1 is 1.28 bits per heavy atom. The Hall–Kier alpha value is -1.05. The molecule has 7 heteroatoms. The molecule has 0 radical (unpaired) electrons. The molecule has 3 aliphatic rings. The van der Waals surface area contributed by atoms with Gasteiger partial charge >= 0.3 is 0 Å². The Morgan fingerprint density at radius 2 is 2.03 bits per heavy atom. The third kappa shape index (κ3) is 4.83. The number of hydrogen-bond acceptors (Lipinski definition) is 5. The number of rotatable bonds is 6. The number of nitrogens with one attached hydrogen (secondary N) is 1. The normalized spacial score (nSPS) is 24.3. The lowest BCUT2D eigenvalue weighted by molar-refractivity contribution is 0.00227. The number of nitrogens with zero attached hydrogens (tertiary/aromatic N) is 3. The Bertz CT molecular complexity index is 708. The van der Waals surface area contributed by atoms with Crippen LogP contribution in [0.5, 0.6) is 0 Å². The second-order valence-corrected chi connectivity index (χ2v) is 10.2. The van der Waals surface area contributed by atoms with Crippen molar-refractivity contribution in [3.05, 3.63) is 17.0 Å². The van der Waals surface area contributed by atoms with Crippen LogP contribution in [-0.2, 0) is 19.4 Å². The summed E-state index contributed by atoms with van der Waals surface area (Å²) in [5.74, 6) is 2.15. The zero-order chi connectivity index (χ0) is 20.3. The van der Waals surface area contributed by atoms with Crippen molar-refractivity contribution >= 4 is 17.7 Å². The predicted octanol–water partition coefficient (Wildman–Crippen LogP) is 2.62. The first-order valence-electron chi connectivity index (χ1n) is 11.5. The van der Waals surface area contributed by atoms with Gasteiger partial charge in [-0.05, 0) is 38.5 Å². The molecule has 4 rings (SSSR count). The number of amides is 1. The van der Waals surface area contributed by atoms with Crippen LogP contribution in [0.2, 0.25) is 0 Å². The molecule has 162 valence electrons. The standard InChI is InChI=1S/C22H36N4O2S/c1-2-10-26-19-7-6-17(23-16-22(28)8-4-3-5-9-22)15-18(19)20(24-26)21(27)25-11-13-29-14-12-25/h17,23,28H,2-16H2,1H3. The maximum atomic E-state index is 13.2. The van der Waals surface area contributed by atoms with Gasteiger partial charge in [0.2, 0.25) is 0 Å². The molecule has 1 saturated heterocycles. The molecule has 0 bridgehead atoms. The summed E-state index contributed by atoms with van der Waals surface area (Å²) >= 11 is 1.92. The molecule has 1 aromatic heterocycles. The number of aromatic nitrogens is 2. The molecule has 1 aromatic rings. The number of aliphatic hydroxyl groups is 1. The largest absolute Gasteiger partial charge is 0.389 e. The van der Waals surface area contributed by atoms with Gasteiger partial charge in [-0.2, -0.15) is 16.9 Å². The van der Waals surface area contributed by atoms with E-state index in [0.717, 1.165) is 88.1 Å². The van der Waals surface area contributed by atoms with Crippen molar-refractivity contribution < 1.29 is 9.90 Å². The van der Waals surface area contributed by atoms with Gasteiger partial charge in [-0.15, -0.1) is 0 Å². The van der Waals surface area contributed by atoms with Gasteiger partial charge in [0, 0.05) is 55.0 Å². The fourth-order valence-corrected chi connectivity index (χ4v) is 5.97. The molecule has 2 heterocycles. The Labute approximate surface area is 178 Å². The van der Waals surface area contributed by atoms with Gasteiger partial charge in [0.1, 0.15) is 0 Å². The number of aryl methyl sites for hydroxylation is 1. The van der Waals surface area contributed by atoms with Crippen molar-refractivity contribution in [2.24, 2.45) is 0 Å². The number of carbonyl (C=O) groups is 1. The Balaban J connectivity index is 1.48. The predicted molar refractivity (Wildman–Crippen MR) is 118 cm³/mol. The molecule has 6 nitrogen and oxygen atoms in total. The van der Waals surface area contributed by atoms with E-state index in [-0.39, 0.29) is 5.91 Å². The van der Waals surface area contributed by atoms with E-state index in [4.69, 9.17) is 5.10 Å². The highest BCUT2D eigenvalue weighted by molar-refractivity contribution is 7.99. The number of carbonyl (C=O) groups excluding carboxylic acids is 1. The van der Waals surface area contributed by atoms with E-state index in [2.05, 4.69) is 16.9 Å². The molecule has 1 unspecified atom stereocenters. The minimum Gasteiger partial charge on any atom is -0.389 e. The number of hydrogen-bond donors (Lipinski definition) is 2. The summed E-state index contributed by atoms with van der Waals surface area (Å²) in [6.45, 7) is 5.36. The van der Waals surface area contributed by atoms with E-state index < -0.39 is 5.60 Å². The molecule has 1 saturated carbocycles. The summed E-state index contributed by atoms with van der Waals surface area (Å²) in [5.41, 5.74) is 2.55. The van der Waals surface area contributed by atoms with Crippen molar-refractivity contribution in [1.82, 2.24) is 20.0 Å². The molecule has 1 amide bonds. The Kier molecular flexibility index (Phi) is 6.87. The first kappa shape index (κ1) is 21.2. The summed E-state index contributed by atoms with van der Waals surface area (Å²) < 4.78 is 2.09. The van der Waals surface area contributed by atoms with E-state index >= 15 is 0 Å². The third-order valence-corrected chi connectivity index (χ3v) is 7.73. The highest BCUT2D eigenvalue weighted by Gasteiger charge is 2.34. The maximum Gasteiger partial charge on any atom is 0.274 e. The molecule has 1 atom stereocenters. The molecule has 2 fully saturated rings. The first-order valence-corrected chi connectivity index (χ1v) is 12.7. The van der Waals surface area contributed by atoms with Gasteiger partial charge < -0.3 is 15.3 Å². The van der Waals surface area contributed by atoms with Gasteiger partial charge in [0.25, 0.3) is 5.91 Å². The lowest BCUT2D eigenvalue weighted by atomic mass is 9.84. The van der Waals surface area contributed by atoms with Gasteiger partial charge in [0.15, 0.2) is 5.69 Å². The van der Waals surface area contributed by atoms with E-state index in [1.165, 1.54) is 12.1 Å². The van der Waals surface area contributed by atoms with Crippen LogP contribution >= 0.6 is 11.8 Å². The van der Waals surface area contributed by atoms with Crippen molar-refractivity contribution in [3.8, 4) is 0 Å². The van der Waals surface area contributed by atoms with E-state index in [1.807, 2.05) is 16.7 Å². The highest BCUT2D eigenvalue weighted by Crippen LogP contribution is 2.30. The maximum absolute atomic E-state index is 13.2. The molecule has 0 spiro atoms. The van der Waals surface area contributed by atoms with Gasteiger partial charge in [-0.1, -0.05) is 26.2 Å². The smallest absolute Gasteiger partial charge is 0.274 e. The number of thioether (sulfide) groups is 1. The molecule has 2 N–H and O–H groups in total. The fraction of sp³-hybridized carbons (Fsp3) is 0.818. The molecule has 0 aromatic carbocycles. The quantitative estimate of drug-likeness (QED) is 0.740. The molecule has 2 aliphatic carbocycles.